The van der Waals surface area contributed by atoms with E-state index in [2.05, 4.69) is 11.3 Å². The molecule has 0 amide bonds. The maximum atomic E-state index is 9.73. The van der Waals surface area contributed by atoms with Gasteiger partial charge < -0.3 is 15.0 Å². The van der Waals surface area contributed by atoms with Crippen LogP contribution in [0.2, 0.25) is 0 Å². The van der Waals surface area contributed by atoms with Crippen molar-refractivity contribution in [2.24, 2.45) is 5.41 Å². The minimum atomic E-state index is -0.615. The van der Waals surface area contributed by atoms with Crippen molar-refractivity contribution in [2.75, 3.05) is 13.7 Å². The van der Waals surface area contributed by atoms with Crippen molar-refractivity contribution in [1.29, 1.82) is 0 Å². The molecule has 2 aliphatic carbocycles. The van der Waals surface area contributed by atoms with Crippen molar-refractivity contribution in [3.8, 4) is 5.75 Å². The Morgan fingerprint density at radius 3 is 2.48 bits per heavy atom. The Morgan fingerprint density at radius 2 is 1.78 bits per heavy atom. The van der Waals surface area contributed by atoms with E-state index in [-0.39, 0.29) is 0 Å². The predicted octanol–water partition coefficient (Wildman–Crippen LogP) is 3.03. The van der Waals surface area contributed by atoms with Gasteiger partial charge in [-0.15, -0.1) is 0 Å². The van der Waals surface area contributed by atoms with Crippen LogP contribution in [0.5, 0.6) is 5.75 Å². The summed E-state index contributed by atoms with van der Waals surface area (Å²) in [6.07, 6.45) is 13.3. The number of benzene rings is 1. The summed E-state index contributed by atoms with van der Waals surface area (Å²) in [5.74, 6) is 0.876. The fourth-order valence-corrected chi connectivity index (χ4v) is 4.10. The van der Waals surface area contributed by atoms with Crippen molar-refractivity contribution >= 4 is 12.5 Å². The molecule has 3 rings (SSSR count). The third-order valence-electron chi connectivity index (χ3n) is 5.43. The first-order valence-corrected chi connectivity index (χ1v) is 8.99. The van der Waals surface area contributed by atoms with Crippen molar-refractivity contribution < 1.29 is 9.76 Å². The van der Waals surface area contributed by atoms with Gasteiger partial charge in [0.15, 0.2) is 0 Å². The number of hydrogen-bond donors (Lipinski definition) is 2. The van der Waals surface area contributed by atoms with Gasteiger partial charge in [-0.1, -0.05) is 37.5 Å². The SMILES string of the molecule is CNB(O)c1ccc(OCC2=CC3(CCCCC3)CCC2)cc1. The molecule has 0 atom stereocenters. The van der Waals surface area contributed by atoms with Crippen LogP contribution in [0.25, 0.3) is 0 Å². The van der Waals surface area contributed by atoms with Crippen molar-refractivity contribution in [3.63, 3.8) is 0 Å². The minimum Gasteiger partial charge on any atom is -0.489 e. The van der Waals surface area contributed by atoms with Crippen molar-refractivity contribution in [3.05, 3.63) is 35.9 Å². The molecule has 1 aromatic carbocycles. The molecule has 2 aliphatic rings. The number of nitrogens with one attached hydrogen (secondary N) is 1. The molecule has 0 aliphatic heterocycles. The number of ether oxygens (including phenoxy) is 1. The van der Waals surface area contributed by atoms with E-state index in [4.69, 9.17) is 4.74 Å². The Labute approximate surface area is 140 Å². The molecule has 124 valence electrons. The molecule has 0 radical (unpaired) electrons. The summed E-state index contributed by atoms with van der Waals surface area (Å²) in [4.78, 5) is 0. The molecule has 3 nitrogen and oxygen atoms in total. The predicted molar refractivity (Wildman–Crippen MR) is 96.1 cm³/mol. The first-order chi connectivity index (χ1) is 11.2. The molecule has 2 N–H and O–H groups in total. The highest BCUT2D eigenvalue weighted by Crippen LogP contribution is 2.45. The number of rotatable bonds is 5. The standard InChI is InChI=1S/C19H28BNO2/c1-21-20(22)17-7-9-18(10-8-17)23-15-16-6-5-13-19(14-16)11-3-2-4-12-19/h7-10,14,21-22H,2-6,11-13,15H2,1H3. The van der Waals surface area contributed by atoms with Crippen molar-refractivity contribution in [1.82, 2.24) is 5.23 Å². The number of hydrogen-bond acceptors (Lipinski definition) is 3. The van der Waals surface area contributed by atoms with Gasteiger partial charge in [-0.05, 0) is 67.7 Å². The van der Waals surface area contributed by atoms with Gasteiger partial charge in [0.05, 0.1) is 0 Å². The molecule has 0 bridgehead atoms. The van der Waals surface area contributed by atoms with Crippen LogP contribution in [-0.2, 0) is 0 Å². The summed E-state index contributed by atoms with van der Waals surface area (Å²) in [5.41, 5.74) is 2.81. The fraction of sp³-hybridized carbons (Fsp3) is 0.579. The molecule has 1 spiro atoms. The van der Waals surface area contributed by atoms with E-state index in [0.717, 1.165) is 11.2 Å². The third kappa shape index (κ3) is 4.18. The third-order valence-corrected chi connectivity index (χ3v) is 5.43. The molecule has 0 aromatic heterocycles. The smallest absolute Gasteiger partial charge is 0.412 e. The molecule has 0 unspecified atom stereocenters. The average Bonchev–Trinajstić information content (AvgIpc) is 2.60. The molecule has 23 heavy (non-hydrogen) atoms. The van der Waals surface area contributed by atoms with Gasteiger partial charge in [0.1, 0.15) is 12.4 Å². The Morgan fingerprint density at radius 1 is 1.09 bits per heavy atom. The van der Waals surface area contributed by atoms with Gasteiger partial charge in [-0.3, -0.25) is 0 Å². The van der Waals surface area contributed by atoms with E-state index in [1.54, 1.807) is 7.05 Å². The zero-order chi connectivity index (χ0) is 16.1. The molecule has 4 heteroatoms. The second kappa shape index (κ2) is 7.54. The van der Waals surface area contributed by atoms with Gasteiger partial charge in [-0.2, -0.15) is 0 Å². The second-order valence-electron chi connectivity index (χ2n) is 7.13. The van der Waals surface area contributed by atoms with Crippen LogP contribution >= 0.6 is 0 Å². The zero-order valence-corrected chi connectivity index (χ0v) is 14.2. The van der Waals surface area contributed by atoms with Gasteiger partial charge in [0.25, 0.3) is 0 Å². The average molecular weight is 313 g/mol. The lowest BCUT2D eigenvalue weighted by Crippen LogP contribution is -2.42. The van der Waals surface area contributed by atoms with E-state index in [1.165, 1.54) is 56.9 Å². The lowest BCUT2D eigenvalue weighted by molar-refractivity contribution is 0.216. The Bertz CT molecular complexity index is 535. The van der Waals surface area contributed by atoms with Crippen LogP contribution in [-0.4, -0.2) is 25.7 Å². The molecule has 1 saturated carbocycles. The summed E-state index contributed by atoms with van der Waals surface area (Å²) in [7, 11) is 1.13. The molecular formula is C19H28BNO2. The van der Waals surface area contributed by atoms with Crippen LogP contribution in [0.1, 0.15) is 51.4 Å². The highest BCUT2D eigenvalue weighted by molar-refractivity contribution is 6.63. The summed E-state index contributed by atoms with van der Waals surface area (Å²) in [6.45, 7) is 0.704. The van der Waals surface area contributed by atoms with Gasteiger partial charge in [0, 0.05) is 0 Å². The maximum absolute atomic E-state index is 9.73. The van der Waals surface area contributed by atoms with E-state index in [9.17, 15) is 5.02 Å². The molecule has 0 saturated heterocycles. The highest BCUT2D eigenvalue weighted by atomic mass is 16.5. The maximum Gasteiger partial charge on any atom is 0.412 e. The second-order valence-corrected chi connectivity index (χ2v) is 7.13. The quantitative estimate of drug-likeness (QED) is 0.648. The van der Waals surface area contributed by atoms with Crippen LogP contribution in [0, 0.1) is 5.41 Å². The van der Waals surface area contributed by atoms with Crippen LogP contribution in [0.4, 0.5) is 0 Å². The topological polar surface area (TPSA) is 41.5 Å². The number of allylic oxidation sites excluding steroid dienone is 1. The van der Waals surface area contributed by atoms with Crippen LogP contribution < -0.4 is 15.4 Å². The monoisotopic (exact) mass is 313 g/mol. The summed E-state index contributed by atoms with van der Waals surface area (Å²) < 4.78 is 5.98. The molecule has 1 fully saturated rings. The normalized spacial score (nSPS) is 20.2. The summed E-state index contributed by atoms with van der Waals surface area (Å²) >= 11 is 0. The highest BCUT2D eigenvalue weighted by Gasteiger charge is 2.32. The molecule has 1 aromatic rings. The molecular weight excluding hydrogens is 285 g/mol. The van der Waals surface area contributed by atoms with Crippen LogP contribution in [0.15, 0.2) is 35.9 Å². The van der Waals surface area contributed by atoms with Crippen LogP contribution in [0.3, 0.4) is 0 Å². The summed E-state index contributed by atoms with van der Waals surface area (Å²) in [6, 6.07) is 7.70. The van der Waals surface area contributed by atoms with Gasteiger partial charge in [0.2, 0.25) is 0 Å². The largest absolute Gasteiger partial charge is 0.489 e. The Balaban J connectivity index is 1.59. The lowest BCUT2D eigenvalue weighted by atomic mass is 9.67. The van der Waals surface area contributed by atoms with E-state index < -0.39 is 7.05 Å². The summed E-state index contributed by atoms with van der Waals surface area (Å²) in [5, 5.41) is 12.6. The Kier molecular flexibility index (Phi) is 5.44. The molecule has 0 heterocycles. The fourth-order valence-electron chi connectivity index (χ4n) is 4.10. The minimum absolute atomic E-state index is 0.482. The van der Waals surface area contributed by atoms with E-state index in [1.807, 2.05) is 24.3 Å². The first-order valence-electron chi connectivity index (χ1n) is 8.99. The van der Waals surface area contributed by atoms with Gasteiger partial charge >= 0.3 is 7.05 Å². The zero-order valence-electron chi connectivity index (χ0n) is 14.2. The first kappa shape index (κ1) is 16.6. The Hall–Kier alpha value is -1.26. The lowest BCUT2D eigenvalue weighted by Gasteiger charge is -2.38. The van der Waals surface area contributed by atoms with Crippen molar-refractivity contribution in [2.45, 2.75) is 51.4 Å². The van der Waals surface area contributed by atoms with E-state index >= 15 is 0 Å². The van der Waals surface area contributed by atoms with Gasteiger partial charge in [-0.25, -0.2) is 0 Å². The van der Waals surface area contributed by atoms with E-state index in [0.29, 0.717) is 12.0 Å².